The van der Waals surface area contributed by atoms with E-state index in [1.165, 1.54) is 0 Å². The van der Waals surface area contributed by atoms with Crippen molar-refractivity contribution in [1.82, 2.24) is 0 Å². The van der Waals surface area contributed by atoms with Crippen LogP contribution in [0, 0.1) is 0 Å². The summed E-state index contributed by atoms with van der Waals surface area (Å²) in [5.74, 6) is 0. The number of rotatable bonds is 3. The predicted octanol–water partition coefficient (Wildman–Crippen LogP) is 4.45. The molecule has 0 radical (unpaired) electrons. The Morgan fingerprint density at radius 2 is 1.71 bits per heavy atom. The molecule has 0 aliphatic carbocycles. The van der Waals surface area contributed by atoms with E-state index in [0.29, 0.717) is 15.1 Å². The Balaban J connectivity index is 3.07. The zero-order valence-electron chi connectivity index (χ0n) is 7.86. The van der Waals surface area contributed by atoms with Crippen molar-refractivity contribution in [3.05, 3.63) is 32.8 Å². The molecule has 0 aromatic heterocycles. The van der Waals surface area contributed by atoms with Gasteiger partial charge in [-0.2, -0.15) is 0 Å². The highest BCUT2D eigenvalue weighted by Gasteiger charge is 2.14. The summed E-state index contributed by atoms with van der Waals surface area (Å²) in [6.45, 7) is 2.07. The van der Waals surface area contributed by atoms with Crippen LogP contribution in [-0.2, 0) is 0 Å². The van der Waals surface area contributed by atoms with E-state index in [9.17, 15) is 0 Å². The maximum atomic E-state index is 6.02. The van der Waals surface area contributed by atoms with Gasteiger partial charge in [0.15, 0.2) is 0 Å². The molecule has 0 aliphatic rings. The molecule has 0 fully saturated rings. The predicted molar refractivity (Wildman–Crippen MR) is 63.3 cm³/mol. The van der Waals surface area contributed by atoms with Gasteiger partial charge in [0.2, 0.25) is 0 Å². The minimum absolute atomic E-state index is 0.114. The molecule has 14 heavy (non-hydrogen) atoms. The average Bonchev–Trinajstić information content (AvgIpc) is 2.01. The van der Waals surface area contributed by atoms with Crippen molar-refractivity contribution in [3.63, 3.8) is 0 Å². The van der Waals surface area contributed by atoms with Crippen LogP contribution in [0.4, 0.5) is 0 Å². The van der Waals surface area contributed by atoms with Crippen LogP contribution in [0.3, 0.4) is 0 Å². The lowest BCUT2D eigenvalue weighted by molar-refractivity contribution is 0.639. The second kappa shape index (κ2) is 5.22. The van der Waals surface area contributed by atoms with Crippen molar-refractivity contribution in [2.75, 3.05) is 0 Å². The lowest BCUT2D eigenvalue weighted by atomic mass is 10.0. The van der Waals surface area contributed by atoms with Crippen molar-refractivity contribution in [3.8, 4) is 0 Å². The molecular formula is C10H12Cl3N. The highest BCUT2D eigenvalue weighted by atomic mass is 35.5. The van der Waals surface area contributed by atoms with Crippen LogP contribution in [0.25, 0.3) is 0 Å². The van der Waals surface area contributed by atoms with Gasteiger partial charge in [-0.25, -0.2) is 0 Å². The largest absolute Gasteiger partial charge is 0.324 e. The van der Waals surface area contributed by atoms with Crippen LogP contribution < -0.4 is 5.73 Å². The molecule has 4 heteroatoms. The summed E-state index contributed by atoms with van der Waals surface area (Å²) in [5.41, 5.74) is 6.74. The van der Waals surface area contributed by atoms with Crippen molar-refractivity contribution < 1.29 is 0 Å². The molecule has 0 unspecified atom stereocenters. The van der Waals surface area contributed by atoms with Gasteiger partial charge in [-0.15, -0.1) is 0 Å². The van der Waals surface area contributed by atoms with Crippen molar-refractivity contribution in [1.29, 1.82) is 0 Å². The topological polar surface area (TPSA) is 26.0 Å². The SMILES string of the molecule is CCC[C@@H](N)c1c(Cl)cc(Cl)cc1Cl. The van der Waals surface area contributed by atoms with E-state index in [1.54, 1.807) is 12.1 Å². The molecule has 1 aromatic rings. The Morgan fingerprint density at radius 3 is 2.14 bits per heavy atom. The Hall–Kier alpha value is 0.0500. The zero-order chi connectivity index (χ0) is 10.7. The van der Waals surface area contributed by atoms with Gasteiger partial charge in [0, 0.05) is 26.7 Å². The van der Waals surface area contributed by atoms with Gasteiger partial charge in [0.25, 0.3) is 0 Å². The Labute approximate surface area is 99.1 Å². The fourth-order valence-corrected chi connectivity index (χ4v) is 2.46. The highest BCUT2D eigenvalue weighted by Crippen LogP contribution is 2.34. The van der Waals surface area contributed by atoms with E-state index >= 15 is 0 Å². The quantitative estimate of drug-likeness (QED) is 0.845. The van der Waals surface area contributed by atoms with Crippen LogP contribution in [0.2, 0.25) is 15.1 Å². The Morgan fingerprint density at radius 1 is 1.21 bits per heavy atom. The third-order valence-electron chi connectivity index (χ3n) is 2.01. The summed E-state index contributed by atoms with van der Waals surface area (Å²) in [6.07, 6.45) is 1.86. The monoisotopic (exact) mass is 251 g/mol. The molecule has 78 valence electrons. The molecule has 1 aromatic carbocycles. The smallest absolute Gasteiger partial charge is 0.0483 e. The average molecular weight is 253 g/mol. The molecule has 1 rings (SSSR count). The molecule has 0 amide bonds. The number of benzene rings is 1. The van der Waals surface area contributed by atoms with Crippen LogP contribution in [0.15, 0.2) is 12.1 Å². The summed E-state index contributed by atoms with van der Waals surface area (Å²) < 4.78 is 0. The van der Waals surface area contributed by atoms with Gasteiger partial charge >= 0.3 is 0 Å². The lowest BCUT2D eigenvalue weighted by Crippen LogP contribution is -2.10. The fourth-order valence-electron chi connectivity index (χ4n) is 1.36. The van der Waals surface area contributed by atoms with Crippen LogP contribution in [-0.4, -0.2) is 0 Å². The first-order valence-electron chi connectivity index (χ1n) is 4.46. The number of hydrogen-bond acceptors (Lipinski definition) is 1. The summed E-state index contributed by atoms with van der Waals surface area (Å²) in [5, 5.41) is 1.62. The molecule has 0 spiro atoms. The van der Waals surface area contributed by atoms with Gasteiger partial charge in [0.05, 0.1) is 0 Å². The third kappa shape index (κ3) is 2.77. The minimum atomic E-state index is -0.114. The summed E-state index contributed by atoms with van der Waals surface area (Å²) >= 11 is 17.8. The van der Waals surface area contributed by atoms with E-state index in [2.05, 4.69) is 6.92 Å². The molecule has 0 aliphatic heterocycles. The van der Waals surface area contributed by atoms with Crippen molar-refractivity contribution in [2.45, 2.75) is 25.8 Å². The second-order valence-electron chi connectivity index (χ2n) is 3.18. The molecule has 0 saturated heterocycles. The Kier molecular flexibility index (Phi) is 4.52. The van der Waals surface area contributed by atoms with Crippen molar-refractivity contribution in [2.24, 2.45) is 5.73 Å². The first-order chi connectivity index (χ1) is 6.56. The van der Waals surface area contributed by atoms with Gasteiger partial charge < -0.3 is 5.73 Å². The molecule has 0 saturated carbocycles. The maximum absolute atomic E-state index is 6.02. The number of halogens is 3. The zero-order valence-corrected chi connectivity index (χ0v) is 10.1. The van der Waals surface area contributed by atoms with Gasteiger partial charge in [-0.05, 0) is 18.6 Å². The van der Waals surface area contributed by atoms with E-state index in [4.69, 9.17) is 40.5 Å². The van der Waals surface area contributed by atoms with Crippen LogP contribution in [0.5, 0.6) is 0 Å². The molecule has 1 nitrogen and oxygen atoms in total. The van der Waals surface area contributed by atoms with E-state index in [-0.39, 0.29) is 6.04 Å². The molecular weight excluding hydrogens is 240 g/mol. The third-order valence-corrected chi connectivity index (χ3v) is 2.86. The number of nitrogens with two attached hydrogens (primary N) is 1. The minimum Gasteiger partial charge on any atom is -0.324 e. The van der Waals surface area contributed by atoms with Crippen LogP contribution in [0.1, 0.15) is 31.4 Å². The summed E-state index contributed by atoms with van der Waals surface area (Å²) in [4.78, 5) is 0. The van der Waals surface area contributed by atoms with Gasteiger partial charge in [0.1, 0.15) is 0 Å². The first kappa shape index (κ1) is 12.1. The molecule has 0 heterocycles. The molecule has 1 atom stereocenters. The highest BCUT2D eigenvalue weighted by molar-refractivity contribution is 6.39. The standard InChI is InChI=1S/C10H12Cl3N/c1-2-3-9(14)10-7(12)4-6(11)5-8(10)13/h4-5,9H,2-3,14H2,1H3/t9-/m1/s1. The number of hydrogen-bond donors (Lipinski definition) is 1. The lowest BCUT2D eigenvalue weighted by Gasteiger charge is -2.14. The maximum Gasteiger partial charge on any atom is 0.0483 e. The molecule has 2 N–H and O–H groups in total. The van der Waals surface area contributed by atoms with Crippen molar-refractivity contribution >= 4 is 34.8 Å². The van der Waals surface area contributed by atoms with E-state index in [0.717, 1.165) is 18.4 Å². The molecule has 0 bridgehead atoms. The van der Waals surface area contributed by atoms with Gasteiger partial charge in [-0.3, -0.25) is 0 Å². The van der Waals surface area contributed by atoms with Gasteiger partial charge in [-0.1, -0.05) is 48.1 Å². The second-order valence-corrected chi connectivity index (χ2v) is 4.43. The fraction of sp³-hybridized carbons (Fsp3) is 0.400. The van der Waals surface area contributed by atoms with E-state index in [1.807, 2.05) is 0 Å². The first-order valence-corrected chi connectivity index (χ1v) is 5.59. The summed E-state index contributed by atoms with van der Waals surface area (Å²) in [7, 11) is 0. The summed E-state index contributed by atoms with van der Waals surface area (Å²) in [6, 6.07) is 3.22. The van der Waals surface area contributed by atoms with Crippen LogP contribution >= 0.6 is 34.8 Å². The normalized spacial score (nSPS) is 12.9. The Bertz CT molecular complexity index is 302. The van der Waals surface area contributed by atoms with E-state index < -0.39 is 0 Å².